The lowest BCUT2D eigenvalue weighted by Crippen LogP contribution is -2.28. The standard InChI is InChI=1S/C13H24N4S/c1-3-5-10-16(4-2)12-14-15-13(18)17(12)11-8-6-7-9-11/h11H,3-10H2,1-2H3,(H,15,18). The fourth-order valence-electron chi connectivity index (χ4n) is 2.76. The maximum Gasteiger partial charge on any atom is 0.225 e. The van der Waals surface area contributed by atoms with Crippen molar-refractivity contribution in [1.82, 2.24) is 14.8 Å². The molecule has 1 aromatic rings. The summed E-state index contributed by atoms with van der Waals surface area (Å²) in [5.74, 6) is 1.04. The van der Waals surface area contributed by atoms with Crippen LogP contribution in [0.25, 0.3) is 0 Å². The smallest absolute Gasteiger partial charge is 0.225 e. The minimum absolute atomic E-state index is 0.557. The van der Waals surface area contributed by atoms with Crippen molar-refractivity contribution in [3.63, 3.8) is 0 Å². The summed E-state index contributed by atoms with van der Waals surface area (Å²) in [5, 5.41) is 7.44. The molecule has 0 amide bonds. The van der Waals surface area contributed by atoms with Crippen LogP contribution < -0.4 is 4.90 Å². The molecule has 1 heterocycles. The molecule has 0 atom stereocenters. The van der Waals surface area contributed by atoms with Gasteiger partial charge in [-0.25, -0.2) is 5.10 Å². The Hall–Kier alpha value is -0.840. The molecule has 1 aliphatic carbocycles. The molecular weight excluding hydrogens is 244 g/mol. The Kier molecular flexibility index (Phi) is 4.80. The van der Waals surface area contributed by atoms with Gasteiger partial charge in [0, 0.05) is 19.1 Å². The lowest BCUT2D eigenvalue weighted by molar-refractivity contribution is 0.505. The van der Waals surface area contributed by atoms with E-state index in [-0.39, 0.29) is 0 Å². The maximum atomic E-state index is 5.41. The minimum atomic E-state index is 0.557. The number of hydrogen-bond acceptors (Lipinski definition) is 3. The summed E-state index contributed by atoms with van der Waals surface area (Å²) in [6, 6.07) is 0.557. The van der Waals surface area contributed by atoms with Crippen molar-refractivity contribution in [3.05, 3.63) is 4.77 Å². The molecule has 0 saturated heterocycles. The van der Waals surface area contributed by atoms with E-state index in [2.05, 4.69) is 33.5 Å². The first-order chi connectivity index (χ1) is 8.77. The summed E-state index contributed by atoms with van der Waals surface area (Å²) in [6.07, 6.45) is 7.54. The number of aromatic nitrogens is 3. The number of aromatic amines is 1. The molecule has 0 spiro atoms. The molecule has 1 aromatic heterocycles. The minimum Gasteiger partial charge on any atom is -0.341 e. The molecule has 0 unspecified atom stereocenters. The molecule has 102 valence electrons. The van der Waals surface area contributed by atoms with E-state index >= 15 is 0 Å². The average Bonchev–Trinajstić information content (AvgIpc) is 3.00. The van der Waals surface area contributed by atoms with Gasteiger partial charge < -0.3 is 4.90 Å². The average molecular weight is 268 g/mol. The van der Waals surface area contributed by atoms with E-state index in [4.69, 9.17) is 12.2 Å². The predicted octanol–water partition coefficient (Wildman–Crippen LogP) is 3.68. The zero-order valence-electron chi connectivity index (χ0n) is 11.5. The predicted molar refractivity (Wildman–Crippen MR) is 77.7 cm³/mol. The van der Waals surface area contributed by atoms with Crippen LogP contribution in [-0.4, -0.2) is 27.9 Å². The van der Waals surface area contributed by atoms with E-state index in [0.29, 0.717) is 6.04 Å². The highest BCUT2D eigenvalue weighted by Crippen LogP contribution is 2.32. The van der Waals surface area contributed by atoms with Gasteiger partial charge in [0.05, 0.1) is 0 Å². The van der Waals surface area contributed by atoms with Crippen LogP contribution in [0.4, 0.5) is 5.95 Å². The summed E-state index contributed by atoms with van der Waals surface area (Å²) in [6.45, 7) is 6.47. The number of H-pyrrole nitrogens is 1. The Morgan fingerprint density at radius 2 is 2.11 bits per heavy atom. The van der Waals surface area contributed by atoms with E-state index in [1.54, 1.807) is 0 Å². The fourth-order valence-corrected chi connectivity index (χ4v) is 3.04. The third-order valence-corrected chi connectivity index (χ3v) is 4.11. The van der Waals surface area contributed by atoms with Crippen molar-refractivity contribution in [1.29, 1.82) is 0 Å². The Morgan fingerprint density at radius 3 is 2.72 bits per heavy atom. The molecule has 1 N–H and O–H groups in total. The molecule has 0 bridgehead atoms. The van der Waals surface area contributed by atoms with Crippen LogP contribution in [0, 0.1) is 4.77 Å². The zero-order valence-corrected chi connectivity index (χ0v) is 12.3. The Labute approximate surface area is 114 Å². The Balaban J connectivity index is 2.23. The highest BCUT2D eigenvalue weighted by Gasteiger charge is 2.23. The number of hydrogen-bond donors (Lipinski definition) is 1. The van der Waals surface area contributed by atoms with Crippen molar-refractivity contribution in [2.24, 2.45) is 0 Å². The highest BCUT2D eigenvalue weighted by atomic mass is 32.1. The molecule has 1 aliphatic rings. The van der Waals surface area contributed by atoms with Crippen molar-refractivity contribution >= 4 is 18.2 Å². The molecule has 5 heteroatoms. The summed E-state index contributed by atoms with van der Waals surface area (Å²) >= 11 is 5.41. The van der Waals surface area contributed by atoms with Crippen LogP contribution in [0.3, 0.4) is 0 Å². The first-order valence-corrected chi connectivity index (χ1v) is 7.60. The largest absolute Gasteiger partial charge is 0.341 e. The van der Waals surface area contributed by atoms with E-state index in [9.17, 15) is 0 Å². The van der Waals surface area contributed by atoms with E-state index in [1.807, 2.05) is 0 Å². The molecule has 1 fully saturated rings. The third kappa shape index (κ3) is 2.76. The fraction of sp³-hybridized carbons (Fsp3) is 0.846. The lowest BCUT2D eigenvalue weighted by Gasteiger charge is -2.24. The van der Waals surface area contributed by atoms with Crippen molar-refractivity contribution in [3.8, 4) is 0 Å². The van der Waals surface area contributed by atoms with Crippen LogP contribution in [0.2, 0.25) is 0 Å². The Bertz CT molecular complexity index is 417. The summed E-state index contributed by atoms with van der Waals surface area (Å²) in [5.41, 5.74) is 0. The van der Waals surface area contributed by atoms with Gasteiger partial charge >= 0.3 is 0 Å². The van der Waals surface area contributed by atoms with Gasteiger partial charge in [-0.3, -0.25) is 4.57 Å². The second kappa shape index (κ2) is 6.36. The van der Waals surface area contributed by atoms with Crippen LogP contribution >= 0.6 is 12.2 Å². The number of nitrogens with one attached hydrogen (secondary N) is 1. The maximum absolute atomic E-state index is 5.41. The first kappa shape index (κ1) is 13.6. The van der Waals surface area contributed by atoms with Gasteiger partial charge in [0.1, 0.15) is 0 Å². The van der Waals surface area contributed by atoms with Gasteiger partial charge in [0.2, 0.25) is 5.95 Å². The number of rotatable bonds is 6. The van der Waals surface area contributed by atoms with E-state index in [1.165, 1.54) is 38.5 Å². The second-order valence-electron chi connectivity index (χ2n) is 5.07. The molecule has 4 nitrogen and oxygen atoms in total. The Morgan fingerprint density at radius 1 is 1.39 bits per heavy atom. The third-order valence-electron chi connectivity index (χ3n) is 3.82. The van der Waals surface area contributed by atoms with Gasteiger partial charge in [0.25, 0.3) is 0 Å². The topological polar surface area (TPSA) is 36.9 Å². The summed E-state index contributed by atoms with van der Waals surface area (Å²) in [7, 11) is 0. The molecule has 0 radical (unpaired) electrons. The molecular formula is C13H24N4S. The van der Waals surface area contributed by atoms with Crippen molar-refractivity contribution in [2.45, 2.75) is 58.4 Å². The number of nitrogens with zero attached hydrogens (tertiary/aromatic N) is 3. The molecule has 0 aromatic carbocycles. The van der Waals surface area contributed by atoms with Crippen molar-refractivity contribution < 1.29 is 0 Å². The molecule has 2 rings (SSSR count). The summed E-state index contributed by atoms with van der Waals surface area (Å²) < 4.78 is 3.04. The number of anilines is 1. The van der Waals surface area contributed by atoms with Crippen molar-refractivity contribution in [2.75, 3.05) is 18.0 Å². The zero-order chi connectivity index (χ0) is 13.0. The monoisotopic (exact) mass is 268 g/mol. The summed E-state index contributed by atoms with van der Waals surface area (Å²) in [4.78, 5) is 2.34. The van der Waals surface area contributed by atoms with E-state index in [0.717, 1.165) is 23.8 Å². The molecule has 0 aliphatic heterocycles. The second-order valence-corrected chi connectivity index (χ2v) is 5.46. The highest BCUT2D eigenvalue weighted by molar-refractivity contribution is 7.71. The van der Waals surface area contributed by atoms with Gasteiger partial charge in [-0.05, 0) is 38.4 Å². The SMILES string of the molecule is CCCCN(CC)c1n[nH]c(=S)n1C1CCCC1. The van der Waals surface area contributed by atoms with Crippen LogP contribution in [0.1, 0.15) is 58.4 Å². The molecule has 1 saturated carbocycles. The van der Waals surface area contributed by atoms with Crippen LogP contribution in [0.15, 0.2) is 0 Å². The van der Waals surface area contributed by atoms with Crippen LogP contribution in [-0.2, 0) is 0 Å². The lowest BCUT2D eigenvalue weighted by atomic mass is 10.2. The van der Waals surface area contributed by atoms with Crippen LogP contribution in [0.5, 0.6) is 0 Å². The quantitative estimate of drug-likeness (QED) is 0.800. The van der Waals surface area contributed by atoms with Gasteiger partial charge in [-0.15, -0.1) is 5.10 Å². The van der Waals surface area contributed by atoms with E-state index < -0.39 is 0 Å². The number of unbranched alkanes of at least 4 members (excludes halogenated alkanes) is 1. The first-order valence-electron chi connectivity index (χ1n) is 7.19. The normalized spacial score (nSPS) is 16.3. The van der Waals surface area contributed by atoms with Gasteiger partial charge in [0.15, 0.2) is 4.77 Å². The molecule has 18 heavy (non-hydrogen) atoms. The van der Waals surface area contributed by atoms with Gasteiger partial charge in [-0.1, -0.05) is 26.2 Å². The van der Waals surface area contributed by atoms with Gasteiger partial charge in [-0.2, -0.15) is 0 Å².